The zero-order valence-corrected chi connectivity index (χ0v) is 12.0. The topological polar surface area (TPSA) is 52.6 Å². The van der Waals surface area contributed by atoms with Gasteiger partial charge < -0.3 is 15.3 Å². The molecule has 7 heteroatoms. The molecule has 0 unspecified atom stereocenters. The lowest BCUT2D eigenvalue weighted by molar-refractivity contribution is -0.141. The molecule has 0 aliphatic heterocycles. The average Bonchev–Trinajstić information content (AvgIpc) is 2.36. The zero-order chi connectivity index (χ0) is 16.0. The molecular formula is C14H19F3N2O2. The maximum Gasteiger partial charge on any atom is 0.406 e. The molecule has 0 radical (unpaired) electrons. The first kappa shape index (κ1) is 17.3. The van der Waals surface area contributed by atoms with Gasteiger partial charge in [-0.25, -0.2) is 0 Å². The van der Waals surface area contributed by atoms with Crippen LogP contribution in [0.5, 0.6) is 0 Å². The number of rotatable bonds is 6. The maximum absolute atomic E-state index is 12.5. The van der Waals surface area contributed by atoms with Gasteiger partial charge in [0.05, 0.1) is 12.2 Å². The highest BCUT2D eigenvalue weighted by Crippen LogP contribution is 2.22. The third-order valence-electron chi connectivity index (χ3n) is 2.80. The summed E-state index contributed by atoms with van der Waals surface area (Å²) in [5.41, 5.74) is 1.56. The van der Waals surface area contributed by atoms with Crippen LogP contribution in [0.3, 0.4) is 0 Å². The van der Waals surface area contributed by atoms with Gasteiger partial charge in [-0.3, -0.25) is 4.79 Å². The standard InChI is InChI=1S/C14H19F3N2O2/c1-3-18-12-8-10(2)4-5-11(12)13(21)19(6-7-20)9-14(15,16)17/h4-5,8,18,20H,3,6-7,9H2,1-2H3. The lowest BCUT2D eigenvalue weighted by atomic mass is 10.1. The van der Waals surface area contributed by atoms with Gasteiger partial charge in [0.1, 0.15) is 6.54 Å². The monoisotopic (exact) mass is 304 g/mol. The molecule has 1 aromatic rings. The van der Waals surface area contributed by atoms with E-state index in [1.807, 2.05) is 13.8 Å². The third kappa shape index (κ3) is 5.26. The van der Waals surface area contributed by atoms with Gasteiger partial charge in [0.2, 0.25) is 0 Å². The fraction of sp³-hybridized carbons (Fsp3) is 0.500. The highest BCUT2D eigenvalue weighted by molar-refractivity contribution is 5.99. The van der Waals surface area contributed by atoms with Crippen LogP contribution in [0, 0.1) is 6.92 Å². The molecule has 0 saturated heterocycles. The molecule has 0 aliphatic carbocycles. The van der Waals surface area contributed by atoms with Gasteiger partial charge in [-0.15, -0.1) is 0 Å². The average molecular weight is 304 g/mol. The number of anilines is 1. The fourth-order valence-electron chi connectivity index (χ4n) is 1.94. The van der Waals surface area contributed by atoms with Crippen LogP contribution >= 0.6 is 0 Å². The summed E-state index contributed by atoms with van der Waals surface area (Å²) in [5, 5.41) is 11.8. The van der Waals surface area contributed by atoms with E-state index in [1.54, 1.807) is 12.1 Å². The van der Waals surface area contributed by atoms with Crippen LogP contribution in [-0.2, 0) is 0 Å². The molecule has 1 amide bonds. The third-order valence-corrected chi connectivity index (χ3v) is 2.80. The van der Waals surface area contributed by atoms with Crippen molar-refractivity contribution in [3.8, 4) is 0 Å². The zero-order valence-electron chi connectivity index (χ0n) is 12.0. The number of nitrogens with zero attached hydrogens (tertiary/aromatic N) is 1. The summed E-state index contributed by atoms with van der Waals surface area (Å²) in [5.74, 6) is -0.752. The Morgan fingerprint density at radius 1 is 1.38 bits per heavy atom. The summed E-state index contributed by atoms with van der Waals surface area (Å²) >= 11 is 0. The van der Waals surface area contributed by atoms with E-state index in [1.165, 1.54) is 6.07 Å². The molecule has 0 spiro atoms. The fourth-order valence-corrected chi connectivity index (χ4v) is 1.94. The summed E-state index contributed by atoms with van der Waals surface area (Å²) in [7, 11) is 0. The van der Waals surface area contributed by atoms with Crippen molar-refractivity contribution in [2.75, 3.05) is 31.6 Å². The number of aliphatic hydroxyl groups is 1. The van der Waals surface area contributed by atoms with Crippen molar-refractivity contribution < 1.29 is 23.1 Å². The molecule has 4 nitrogen and oxygen atoms in total. The van der Waals surface area contributed by atoms with Gasteiger partial charge in [-0.2, -0.15) is 13.2 Å². The number of hydrogen-bond acceptors (Lipinski definition) is 3. The van der Waals surface area contributed by atoms with E-state index in [9.17, 15) is 18.0 Å². The molecule has 1 aromatic carbocycles. The minimum Gasteiger partial charge on any atom is -0.395 e. The highest BCUT2D eigenvalue weighted by atomic mass is 19.4. The summed E-state index contributed by atoms with van der Waals surface area (Å²) in [4.78, 5) is 12.9. The van der Waals surface area contributed by atoms with Crippen molar-refractivity contribution in [1.82, 2.24) is 4.90 Å². The molecule has 0 saturated carbocycles. The molecule has 0 heterocycles. The van der Waals surface area contributed by atoms with E-state index in [2.05, 4.69) is 5.32 Å². The van der Waals surface area contributed by atoms with Gasteiger partial charge in [0.15, 0.2) is 0 Å². The molecule has 0 atom stereocenters. The Morgan fingerprint density at radius 2 is 2.05 bits per heavy atom. The normalized spacial score (nSPS) is 11.3. The van der Waals surface area contributed by atoms with Gasteiger partial charge >= 0.3 is 6.18 Å². The molecular weight excluding hydrogens is 285 g/mol. The Balaban J connectivity index is 3.08. The van der Waals surface area contributed by atoms with Crippen LogP contribution in [0.4, 0.5) is 18.9 Å². The lowest BCUT2D eigenvalue weighted by Gasteiger charge is -2.24. The molecule has 0 aliphatic rings. The summed E-state index contributed by atoms with van der Waals surface area (Å²) < 4.78 is 37.6. The van der Waals surface area contributed by atoms with Crippen molar-refractivity contribution in [3.05, 3.63) is 29.3 Å². The predicted octanol–water partition coefficient (Wildman–Crippen LogP) is 2.42. The molecule has 2 N–H and O–H groups in total. The number of aliphatic hydroxyl groups excluding tert-OH is 1. The van der Waals surface area contributed by atoms with E-state index >= 15 is 0 Å². The molecule has 0 bridgehead atoms. The van der Waals surface area contributed by atoms with Crippen molar-refractivity contribution >= 4 is 11.6 Å². The van der Waals surface area contributed by atoms with Crippen LogP contribution in [-0.4, -0.2) is 48.3 Å². The number of aryl methyl sites for hydroxylation is 1. The minimum atomic E-state index is -4.51. The Kier molecular flexibility index (Phi) is 6.02. The van der Waals surface area contributed by atoms with Gasteiger partial charge in [0.25, 0.3) is 5.91 Å². The van der Waals surface area contributed by atoms with Crippen LogP contribution in [0.25, 0.3) is 0 Å². The van der Waals surface area contributed by atoms with Gasteiger partial charge in [-0.05, 0) is 31.5 Å². The first-order chi connectivity index (χ1) is 9.78. The number of alkyl halides is 3. The second-order valence-electron chi connectivity index (χ2n) is 4.64. The molecule has 0 aromatic heterocycles. The smallest absolute Gasteiger partial charge is 0.395 e. The number of carbonyl (C=O) groups is 1. The summed E-state index contributed by atoms with van der Waals surface area (Å²) in [6, 6.07) is 4.87. The lowest BCUT2D eigenvalue weighted by Crippen LogP contribution is -2.40. The van der Waals surface area contributed by atoms with Crippen LogP contribution in [0.2, 0.25) is 0 Å². The molecule has 0 fully saturated rings. The minimum absolute atomic E-state index is 0.167. The summed E-state index contributed by atoms with van der Waals surface area (Å²) in [6.45, 7) is 1.94. The first-order valence-corrected chi connectivity index (χ1v) is 6.60. The van der Waals surface area contributed by atoms with E-state index in [-0.39, 0.29) is 12.1 Å². The highest BCUT2D eigenvalue weighted by Gasteiger charge is 2.33. The van der Waals surface area contributed by atoms with E-state index in [0.29, 0.717) is 17.1 Å². The predicted molar refractivity (Wildman–Crippen MR) is 74.4 cm³/mol. The van der Waals surface area contributed by atoms with Crippen LogP contribution < -0.4 is 5.32 Å². The van der Waals surface area contributed by atoms with E-state index in [0.717, 1.165) is 5.56 Å². The van der Waals surface area contributed by atoms with Gasteiger partial charge in [0, 0.05) is 18.8 Å². The Labute approximate surface area is 121 Å². The number of carbonyl (C=O) groups excluding carboxylic acids is 1. The number of nitrogens with one attached hydrogen (secondary N) is 1. The van der Waals surface area contributed by atoms with Crippen LogP contribution in [0.1, 0.15) is 22.8 Å². The number of benzene rings is 1. The van der Waals surface area contributed by atoms with Gasteiger partial charge in [-0.1, -0.05) is 6.07 Å². The Bertz CT molecular complexity index is 490. The Hall–Kier alpha value is -1.76. The molecule has 21 heavy (non-hydrogen) atoms. The van der Waals surface area contributed by atoms with Crippen LogP contribution in [0.15, 0.2) is 18.2 Å². The summed E-state index contributed by atoms with van der Waals surface area (Å²) in [6.07, 6.45) is -4.51. The number of amides is 1. The van der Waals surface area contributed by atoms with E-state index < -0.39 is 25.2 Å². The molecule has 118 valence electrons. The number of hydrogen-bond donors (Lipinski definition) is 2. The van der Waals surface area contributed by atoms with Crippen molar-refractivity contribution in [1.29, 1.82) is 0 Å². The molecule has 1 rings (SSSR count). The van der Waals surface area contributed by atoms with E-state index in [4.69, 9.17) is 5.11 Å². The van der Waals surface area contributed by atoms with Crippen molar-refractivity contribution in [2.24, 2.45) is 0 Å². The SMILES string of the molecule is CCNc1cc(C)ccc1C(=O)N(CCO)CC(F)(F)F. The first-order valence-electron chi connectivity index (χ1n) is 6.60. The second kappa shape index (κ2) is 7.31. The van der Waals surface area contributed by atoms with Crippen molar-refractivity contribution in [3.63, 3.8) is 0 Å². The Morgan fingerprint density at radius 3 is 2.57 bits per heavy atom. The largest absolute Gasteiger partial charge is 0.406 e. The quantitative estimate of drug-likeness (QED) is 0.848. The second-order valence-corrected chi connectivity index (χ2v) is 4.64. The maximum atomic E-state index is 12.5. The number of halogens is 3. The van der Waals surface area contributed by atoms with Crippen molar-refractivity contribution in [2.45, 2.75) is 20.0 Å².